The molecule has 0 unspecified atom stereocenters. The van der Waals surface area contributed by atoms with Gasteiger partial charge in [0, 0.05) is 0 Å². The van der Waals surface area contributed by atoms with Crippen LogP contribution in [0.5, 0.6) is 0 Å². The molecule has 0 bridgehead atoms. The van der Waals surface area contributed by atoms with Gasteiger partial charge in [0.15, 0.2) is 0 Å². The molecule has 0 heterocycles. The summed E-state index contributed by atoms with van der Waals surface area (Å²) in [6, 6.07) is 0. The van der Waals surface area contributed by atoms with Crippen molar-refractivity contribution in [2.75, 3.05) is 0 Å². The van der Waals surface area contributed by atoms with E-state index >= 15 is 0 Å². The van der Waals surface area contributed by atoms with E-state index in [9.17, 15) is 0 Å². The highest BCUT2D eigenvalue weighted by atomic mass is 14.0. The van der Waals surface area contributed by atoms with Crippen LogP contribution < -0.4 is 0 Å². The first kappa shape index (κ1) is 12.2. The Labute approximate surface area is 83.0 Å². The average molecular weight is 178 g/mol. The molecule has 0 aromatic rings. The fraction of sp³-hybridized carbons (Fsp3) is 0.538. The molecule has 0 nitrogen and oxygen atoms in total. The minimum atomic E-state index is 1.13. The van der Waals surface area contributed by atoms with Crippen molar-refractivity contribution in [2.24, 2.45) is 0 Å². The van der Waals surface area contributed by atoms with Gasteiger partial charge in [-0.15, -0.1) is 0 Å². The van der Waals surface area contributed by atoms with E-state index in [4.69, 9.17) is 0 Å². The molecule has 74 valence electrons. The molecule has 0 amide bonds. The normalized spacial score (nSPS) is 13.2. The quantitative estimate of drug-likeness (QED) is 0.538. The number of hydrogen-bond donors (Lipinski definition) is 0. The molecular weight excluding hydrogens is 156 g/mol. The van der Waals surface area contributed by atoms with Crippen molar-refractivity contribution >= 4 is 0 Å². The van der Waals surface area contributed by atoms with Crippen molar-refractivity contribution in [1.82, 2.24) is 0 Å². The molecular formula is C13H22. The van der Waals surface area contributed by atoms with Gasteiger partial charge in [-0.25, -0.2) is 0 Å². The minimum absolute atomic E-state index is 1.13. The molecule has 0 fully saturated rings. The molecule has 0 saturated heterocycles. The number of unbranched alkanes of at least 4 members (excludes halogenated alkanes) is 1. The van der Waals surface area contributed by atoms with Crippen molar-refractivity contribution in [3.8, 4) is 0 Å². The highest BCUT2D eigenvalue weighted by Crippen LogP contribution is 2.17. The van der Waals surface area contributed by atoms with Gasteiger partial charge in [0.1, 0.15) is 0 Å². The lowest BCUT2D eigenvalue weighted by Gasteiger charge is -2.06. The third-order valence-corrected chi connectivity index (χ3v) is 2.12. The summed E-state index contributed by atoms with van der Waals surface area (Å²) in [5, 5.41) is 0. The molecule has 0 saturated carbocycles. The van der Waals surface area contributed by atoms with Gasteiger partial charge in [0.05, 0.1) is 0 Å². The Hall–Kier alpha value is -0.780. The molecule has 0 aromatic heterocycles. The van der Waals surface area contributed by atoms with Crippen LogP contribution in [0.3, 0.4) is 0 Å². The van der Waals surface area contributed by atoms with Gasteiger partial charge in [-0.2, -0.15) is 0 Å². The summed E-state index contributed by atoms with van der Waals surface area (Å²) in [6.07, 6.45) is 8.11. The molecule has 0 radical (unpaired) electrons. The number of allylic oxidation sites excluding steroid dienone is 5. The van der Waals surface area contributed by atoms with Gasteiger partial charge in [0.2, 0.25) is 0 Å². The number of hydrogen-bond acceptors (Lipinski definition) is 0. The summed E-state index contributed by atoms with van der Waals surface area (Å²) < 4.78 is 0. The second-order valence-corrected chi connectivity index (χ2v) is 3.59. The summed E-state index contributed by atoms with van der Waals surface area (Å²) in [5.41, 5.74) is 3.96. The molecule has 13 heavy (non-hydrogen) atoms. The zero-order chi connectivity index (χ0) is 10.3. The van der Waals surface area contributed by atoms with Crippen LogP contribution in [-0.4, -0.2) is 0 Å². The Kier molecular flexibility index (Phi) is 6.30. The van der Waals surface area contributed by atoms with E-state index < -0.39 is 0 Å². The summed E-state index contributed by atoms with van der Waals surface area (Å²) in [4.78, 5) is 0. The maximum Gasteiger partial charge on any atom is -0.0280 e. The zero-order valence-corrected chi connectivity index (χ0v) is 9.48. The monoisotopic (exact) mass is 178 g/mol. The smallest absolute Gasteiger partial charge is 0.0280 e. The van der Waals surface area contributed by atoms with Gasteiger partial charge < -0.3 is 0 Å². The van der Waals surface area contributed by atoms with Gasteiger partial charge in [-0.3, -0.25) is 0 Å². The van der Waals surface area contributed by atoms with Crippen molar-refractivity contribution in [3.05, 3.63) is 35.5 Å². The first-order chi connectivity index (χ1) is 6.11. The Bertz CT molecular complexity index is 216. The Morgan fingerprint density at radius 2 is 1.92 bits per heavy atom. The molecule has 0 aromatic carbocycles. The van der Waals surface area contributed by atoms with Crippen LogP contribution in [0.1, 0.15) is 47.0 Å². The highest BCUT2D eigenvalue weighted by molar-refractivity contribution is 5.33. The van der Waals surface area contributed by atoms with Crippen LogP contribution in [0.4, 0.5) is 0 Å². The average Bonchev–Trinajstić information content (AvgIpc) is 2.04. The van der Waals surface area contributed by atoms with Crippen LogP contribution in [0.25, 0.3) is 0 Å². The van der Waals surface area contributed by atoms with Gasteiger partial charge in [-0.05, 0) is 44.8 Å². The van der Waals surface area contributed by atoms with Crippen LogP contribution in [0, 0.1) is 0 Å². The Morgan fingerprint density at radius 3 is 2.31 bits per heavy atom. The van der Waals surface area contributed by atoms with Crippen molar-refractivity contribution in [1.29, 1.82) is 0 Å². The van der Waals surface area contributed by atoms with E-state index in [0.717, 1.165) is 5.57 Å². The molecule has 0 aliphatic rings. The van der Waals surface area contributed by atoms with E-state index in [1.807, 2.05) is 6.92 Å². The minimum Gasteiger partial charge on any atom is -0.0961 e. The predicted octanol–water partition coefficient (Wildman–Crippen LogP) is 4.65. The van der Waals surface area contributed by atoms with Gasteiger partial charge in [-0.1, -0.05) is 37.6 Å². The van der Waals surface area contributed by atoms with E-state index in [2.05, 4.69) is 39.5 Å². The van der Waals surface area contributed by atoms with Crippen LogP contribution in [0.15, 0.2) is 35.5 Å². The third kappa shape index (κ3) is 5.46. The molecule has 0 aliphatic carbocycles. The highest BCUT2D eigenvalue weighted by Gasteiger charge is 1.97. The maximum atomic E-state index is 3.89. The van der Waals surface area contributed by atoms with Crippen LogP contribution in [0.2, 0.25) is 0 Å². The molecule has 0 aliphatic heterocycles. The third-order valence-electron chi connectivity index (χ3n) is 2.12. The zero-order valence-electron chi connectivity index (χ0n) is 9.48. The molecule has 0 spiro atoms. The van der Waals surface area contributed by atoms with Crippen molar-refractivity contribution in [2.45, 2.75) is 47.0 Å². The van der Waals surface area contributed by atoms with E-state index in [0.29, 0.717) is 0 Å². The fourth-order valence-electron chi connectivity index (χ4n) is 1.40. The topological polar surface area (TPSA) is 0 Å². The van der Waals surface area contributed by atoms with Gasteiger partial charge >= 0.3 is 0 Å². The summed E-state index contributed by atoms with van der Waals surface area (Å²) in [5.74, 6) is 0. The van der Waals surface area contributed by atoms with Crippen molar-refractivity contribution < 1.29 is 0 Å². The molecule has 0 heteroatoms. The number of rotatable bonds is 5. The molecule has 0 rings (SSSR count). The Balaban J connectivity index is 4.33. The summed E-state index contributed by atoms with van der Waals surface area (Å²) in [7, 11) is 0. The fourth-order valence-corrected chi connectivity index (χ4v) is 1.40. The second-order valence-electron chi connectivity index (χ2n) is 3.59. The van der Waals surface area contributed by atoms with Crippen LogP contribution in [-0.2, 0) is 0 Å². The van der Waals surface area contributed by atoms with E-state index in [1.165, 1.54) is 30.4 Å². The SMILES string of the molecule is C=C(C)/C=C(C)\C(=C/C)CCCC. The molecule has 0 atom stereocenters. The second kappa shape index (κ2) is 6.71. The van der Waals surface area contributed by atoms with Crippen LogP contribution >= 0.6 is 0 Å². The van der Waals surface area contributed by atoms with Gasteiger partial charge in [0.25, 0.3) is 0 Å². The predicted molar refractivity (Wildman–Crippen MR) is 61.9 cm³/mol. The summed E-state index contributed by atoms with van der Waals surface area (Å²) in [6.45, 7) is 12.4. The lowest BCUT2D eigenvalue weighted by Crippen LogP contribution is -1.86. The summed E-state index contributed by atoms with van der Waals surface area (Å²) >= 11 is 0. The lowest BCUT2D eigenvalue weighted by atomic mass is 10.00. The molecule has 0 N–H and O–H groups in total. The standard InChI is InChI=1S/C13H22/c1-6-8-9-13(7-2)12(5)10-11(3)4/h7,10H,3,6,8-9H2,1-2,4-5H3/b12-10-,13-7-. The first-order valence-corrected chi connectivity index (χ1v) is 5.11. The Morgan fingerprint density at radius 1 is 1.31 bits per heavy atom. The lowest BCUT2D eigenvalue weighted by molar-refractivity contribution is 0.790. The largest absolute Gasteiger partial charge is 0.0961 e. The maximum absolute atomic E-state index is 3.89. The van der Waals surface area contributed by atoms with E-state index in [1.54, 1.807) is 0 Å². The van der Waals surface area contributed by atoms with E-state index in [-0.39, 0.29) is 0 Å². The first-order valence-electron chi connectivity index (χ1n) is 5.11. The van der Waals surface area contributed by atoms with Crippen molar-refractivity contribution in [3.63, 3.8) is 0 Å².